The Bertz CT molecular complexity index is 625. The first kappa shape index (κ1) is 14.0. The number of hydrogen-bond donors (Lipinski definition) is 2. The molecule has 3 rings (SSSR count). The van der Waals surface area contributed by atoms with E-state index in [0.717, 1.165) is 22.6 Å². The Morgan fingerprint density at radius 2 is 2.29 bits per heavy atom. The number of carbonyl (C=O) groups is 3. The van der Waals surface area contributed by atoms with Gasteiger partial charge in [0.2, 0.25) is 5.91 Å². The van der Waals surface area contributed by atoms with Gasteiger partial charge in [0, 0.05) is 11.1 Å². The number of aromatic nitrogens is 1. The van der Waals surface area contributed by atoms with Gasteiger partial charge in [0.15, 0.2) is 5.13 Å². The zero-order chi connectivity index (χ0) is 15.2. The molecule has 1 aliphatic heterocycles. The lowest BCUT2D eigenvalue weighted by molar-refractivity contribution is -0.134. The molecule has 112 valence electrons. The Kier molecular flexibility index (Phi) is 3.20. The van der Waals surface area contributed by atoms with Crippen molar-refractivity contribution in [2.45, 2.75) is 32.2 Å². The molecule has 0 aromatic carbocycles. The second kappa shape index (κ2) is 4.80. The maximum absolute atomic E-state index is 12.4. The molecule has 4 amide bonds. The molecule has 0 unspecified atom stereocenters. The number of thiazole rings is 1. The molecule has 1 aliphatic carbocycles. The lowest BCUT2D eigenvalue weighted by Gasteiger charge is -2.20. The van der Waals surface area contributed by atoms with Crippen LogP contribution in [0.4, 0.5) is 9.93 Å². The van der Waals surface area contributed by atoms with Crippen LogP contribution in [0, 0.1) is 12.8 Å². The minimum absolute atomic E-state index is 0.184. The summed E-state index contributed by atoms with van der Waals surface area (Å²) in [5, 5.41) is 5.77. The first-order chi connectivity index (χ1) is 9.90. The van der Waals surface area contributed by atoms with E-state index in [1.54, 1.807) is 13.1 Å². The van der Waals surface area contributed by atoms with Crippen molar-refractivity contribution < 1.29 is 14.4 Å². The third-order valence-electron chi connectivity index (χ3n) is 3.86. The van der Waals surface area contributed by atoms with Crippen LogP contribution in [-0.2, 0) is 9.59 Å². The lowest BCUT2D eigenvalue weighted by Crippen LogP contribution is -2.46. The third-order valence-corrected chi connectivity index (χ3v) is 4.69. The van der Waals surface area contributed by atoms with Crippen LogP contribution in [0.1, 0.15) is 24.6 Å². The van der Waals surface area contributed by atoms with E-state index >= 15 is 0 Å². The van der Waals surface area contributed by atoms with Gasteiger partial charge in [0.05, 0.1) is 0 Å². The maximum atomic E-state index is 12.4. The van der Waals surface area contributed by atoms with Gasteiger partial charge in [-0.3, -0.25) is 14.5 Å². The molecular weight excluding hydrogens is 292 g/mol. The summed E-state index contributed by atoms with van der Waals surface area (Å²) in [6.07, 6.45) is 3.51. The molecule has 21 heavy (non-hydrogen) atoms. The second-order valence-corrected chi connectivity index (χ2v) is 6.86. The van der Waals surface area contributed by atoms with Crippen molar-refractivity contribution >= 4 is 34.3 Å². The van der Waals surface area contributed by atoms with E-state index in [1.807, 2.05) is 6.92 Å². The summed E-state index contributed by atoms with van der Waals surface area (Å²) in [5.74, 6) is -0.558. The van der Waals surface area contributed by atoms with Crippen molar-refractivity contribution in [1.82, 2.24) is 15.2 Å². The van der Waals surface area contributed by atoms with Crippen molar-refractivity contribution in [3.63, 3.8) is 0 Å². The number of nitrogens with zero attached hydrogens (tertiary/aromatic N) is 2. The SMILES string of the molecule is Cc1cnc(NC(=O)CN2C(=O)N[C@](C)(C3CC3)C2=O)s1. The molecule has 1 saturated carbocycles. The molecule has 1 aromatic heterocycles. The zero-order valence-electron chi connectivity index (χ0n) is 11.8. The number of urea groups is 1. The van der Waals surface area contributed by atoms with Gasteiger partial charge in [-0.2, -0.15) is 0 Å². The summed E-state index contributed by atoms with van der Waals surface area (Å²) in [6, 6.07) is -0.500. The lowest BCUT2D eigenvalue weighted by atomic mass is 9.96. The van der Waals surface area contributed by atoms with E-state index in [1.165, 1.54) is 11.3 Å². The minimum Gasteiger partial charge on any atom is -0.323 e. The van der Waals surface area contributed by atoms with Gasteiger partial charge in [-0.15, -0.1) is 11.3 Å². The smallest absolute Gasteiger partial charge is 0.323 e. The van der Waals surface area contributed by atoms with Crippen LogP contribution >= 0.6 is 11.3 Å². The fourth-order valence-corrected chi connectivity index (χ4v) is 3.19. The fraction of sp³-hybridized carbons (Fsp3) is 0.538. The van der Waals surface area contributed by atoms with Crippen LogP contribution < -0.4 is 10.6 Å². The molecule has 0 bridgehead atoms. The third kappa shape index (κ3) is 2.51. The van der Waals surface area contributed by atoms with E-state index in [9.17, 15) is 14.4 Å². The zero-order valence-corrected chi connectivity index (χ0v) is 12.6. The van der Waals surface area contributed by atoms with Crippen molar-refractivity contribution in [2.75, 3.05) is 11.9 Å². The number of amides is 4. The molecule has 1 atom stereocenters. The monoisotopic (exact) mass is 308 g/mol. The van der Waals surface area contributed by atoms with E-state index in [2.05, 4.69) is 15.6 Å². The van der Waals surface area contributed by atoms with Crippen LogP contribution in [-0.4, -0.2) is 39.8 Å². The molecule has 0 spiro atoms. The van der Waals surface area contributed by atoms with Crippen molar-refractivity contribution in [2.24, 2.45) is 5.92 Å². The number of imide groups is 1. The quantitative estimate of drug-likeness (QED) is 0.815. The number of nitrogens with one attached hydrogen (secondary N) is 2. The van der Waals surface area contributed by atoms with Crippen molar-refractivity contribution in [1.29, 1.82) is 0 Å². The number of aryl methyl sites for hydroxylation is 1. The Balaban J connectivity index is 1.65. The Hall–Kier alpha value is -1.96. The average Bonchev–Trinajstić information content (AvgIpc) is 3.16. The molecule has 2 aliphatic rings. The highest BCUT2D eigenvalue weighted by atomic mass is 32.1. The summed E-state index contributed by atoms with van der Waals surface area (Å²) < 4.78 is 0. The molecule has 1 aromatic rings. The van der Waals surface area contributed by atoms with Gasteiger partial charge in [0.25, 0.3) is 5.91 Å². The Labute approximate surface area is 125 Å². The Morgan fingerprint density at radius 3 is 2.86 bits per heavy atom. The second-order valence-electron chi connectivity index (χ2n) is 5.62. The molecule has 2 N–H and O–H groups in total. The summed E-state index contributed by atoms with van der Waals surface area (Å²) in [4.78, 5) is 42.2. The predicted molar refractivity (Wildman–Crippen MR) is 76.9 cm³/mol. The van der Waals surface area contributed by atoms with Crippen LogP contribution in [0.2, 0.25) is 0 Å². The van der Waals surface area contributed by atoms with E-state index < -0.39 is 17.5 Å². The van der Waals surface area contributed by atoms with Gasteiger partial charge in [-0.25, -0.2) is 9.78 Å². The summed E-state index contributed by atoms with van der Waals surface area (Å²) in [7, 11) is 0. The molecule has 2 fully saturated rings. The van der Waals surface area contributed by atoms with Gasteiger partial charge < -0.3 is 10.6 Å². The van der Waals surface area contributed by atoms with Crippen LogP contribution in [0.3, 0.4) is 0 Å². The van der Waals surface area contributed by atoms with Gasteiger partial charge >= 0.3 is 6.03 Å². The summed E-state index contributed by atoms with van der Waals surface area (Å²) in [5.41, 5.74) is -0.852. The fourth-order valence-electron chi connectivity index (χ4n) is 2.51. The van der Waals surface area contributed by atoms with Crippen molar-refractivity contribution in [3.05, 3.63) is 11.1 Å². The normalized spacial score (nSPS) is 25.1. The first-order valence-corrected chi connectivity index (χ1v) is 7.58. The van der Waals surface area contributed by atoms with Gasteiger partial charge in [-0.05, 0) is 32.6 Å². The van der Waals surface area contributed by atoms with Crippen LogP contribution in [0.5, 0.6) is 0 Å². The topological polar surface area (TPSA) is 91.4 Å². The van der Waals surface area contributed by atoms with E-state index in [-0.39, 0.29) is 18.4 Å². The highest BCUT2D eigenvalue weighted by Crippen LogP contribution is 2.42. The molecule has 7 nitrogen and oxygen atoms in total. The van der Waals surface area contributed by atoms with Gasteiger partial charge in [-0.1, -0.05) is 0 Å². The van der Waals surface area contributed by atoms with Gasteiger partial charge in [0.1, 0.15) is 12.1 Å². The molecule has 8 heteroatoms. The first-order valence-electron chi connectivity index (χ1n) is 6.76. The summed E-state index contributed by atoms with van der Waals surface area (Å²) in [6.45, 7) is 3.32. The minimum atomic E-state index is -0.852. The molecule has 2 heterocycles. The Morgan fingerprint density at radius 1 is 1.57 bits per heavy atom. The van der Waals surface area contributed by atoms with E-state index in [4.69, 9.17) is 0 Å². The number of anilines is 1. The molecule has 1 saturated heterocycles. The summed E-state index contributed by atoms with van der Waals surface area (Å²) >= 11 is 1.34. The highest BCUT2D eigenvalue weighted by Gasteiger charge is 2.56. The largest absolute Gasteiger partial charge is 0.325 e. The average molecular weight is 308 g/mol. The standard InChI is InChI=1S/C13H16N4O3S/c1-7-5-14-11(21-7)15-9(18)6-17-10(19)13(2,8-3-4-8)16-12(17)20/h5,8H,3-4,6H2,1-2H3,(H,16,20)(H,14,15,18)/t13-/m1/s1. The van der Waals surface area contributed by atoms with Crippen LogP contribution in [0.25, 0.3) is 0 Å². The molecule has 0 radical (unpaired) electrons. The number of carbonyl (C=O) groups excluding carboxylic acids is 3. The number of rotatable bonds is 4. The predicted octanol–water partition coefficient (Wildman–Crippen LogP) is 1.11. The number of hydrogen-bond acceptors (Lipinski definition) is 5. The van der Waals surface area contributed by atoms with Crippen molar-refractivity contribution in [3.8, 4) is 0 Å². The van der Waals surface area contributed by atoms with Crippen LogP contribution in [0.15, 0.2) is 6.20 Å². The molecular formula is C13H16N4O3S. The highest BCUT2D eigenvalue weighted by molar-refractivity contribution is 7.15. The maximum Gasteiger partial charge on any atom is 0.325 e. The van der Waals surface area contributed by atoms with E-state index in [0.29, 0.717) is 5.13 Å².